The third-order valence-electron chi connectivity index (χ3n) is 6.11. The molecule has 1 saturated carbocycles. The molecule has 0 radical (unpaired) electrons. The van der Waals surface area contributed by atoms with Crippen molar-refractivity contribution in [3.8, 4) is 11.9 Å². The number of aromatic nitrogens is 4. The van der Waals surface area contributed by atoms with Gasteiger partial charge in [0.2, 0.25) is 11.8 Å². The predicted octanol–water partition coefficient (Wildman–Crippen LogP) is 3.26. The summed E-state index contributed by atoms with van der Waals surface area (Å²) in [7, 11) is 7.19. The summed E-state index contributed by atoms with van der Waals surface area (Å²) in [5.74, 6) is 2.85. The van der Waals surface area contributed by atoms with Gasteiger partial charge < -0.3 is 25.0 Å². The molecular weight excluding hydrogens is 418 g/mol. The van der Waals surface area contributed by atoms with Gasteiger partial charge in [-0.3, -0.25) is 0 Å². The Kier molecular flexibility index (Phi) is 7.39. The summed E-state index contributed by atoms with van der Waals surface area (Å²) in [6.45, 7) is 1.63. The van der Waals surface area contributed by atoms with Crippen molar-refractivity contribution >= 4 is 22.7 Å². The van der Waals surface area contributed by atoms with E-state index in [4.69, 9.17) is 19.4 Å². The van der Waals surface area contributed by atoms with E-state index in [9.17, 15) is 0 Å². The molecule has 1 aliphatic rings. The average molecular weight is 452 g/mol. The second kappa shape index (κ2) is 10.6. The number of methoxy groups -OCH3 is 2. The molecule has 0 saturated heterocycles. The summed E-state index contributed by atoms with van der Waals surface area (Å²) in [4.78, 5) is 20.0. The van der Waals surface area contributed by atoms with Crippen molar-refractivity contribution < 1.29 is 9.47 Å². The van der Waals surface area contributed by atoms with Crippen molar-refractivity contribution in [3.05, 3.63) is 36.0 Å². The van der Waals surface area contributed by atoms with Gasteiger partial charge in [0.1, 0.15) is 5.82 Å². The van der Waals surface area contributed by atoms with Crippen LogP contribution in [0.1, 0.15) is 31.2 Å². The summed E-state index contributed by atoms with van der Waals surface area (Å²) < 4.78 is 10.4. The third kappa shape index (κ3) is 5.60. The molecule has 0 amide bonds. The van der Waals surface area contributed by atoms with Crippen molar-refractivity contribution in [2.75, 3.05) is 45.1 Å². The molecule has 0 spiro atoms. The summed E-state index contributed by atoms with van der Waals surface area (Å²) in [5, 5.41) is 8.19. The molecule has 0 bridgehead atoms. The molecule has 176 valence electrons. The van der Waals surface area contributed by atoms with E-state index < -0.39 is 0 Å². The summed E-state index contributed by atoms with van der Waals surface area (Å²) >= 11 is 0. The van der Waals surface area contributed by atoms with Crippen LogP contribution in [0.5, 0.6) is 11.9 Å². The fraction of sp³-hybridized carbons (Fsp3) is 0.500. The quantitative estimate of drug-likeness (QED) is 0.508. The molecule has 2 heterocycles. The Hall–Kier alpha value is -3.20. The lowest BCUT2D eigenvalue weighted by Gasteiger charge is -2.29. The third-order valence-corrected chi connectivity index (χ3v) is 6.11. The molecule has 0 atom stereocenters. The highest BCUT2D eigenvalue weighted by Crippen LogP contribution is 2.28. The van der Waals surface area contributed by atoms with E-state index in [1.807, 2.05) is 37.2 Å². The number of fused-ring (bicyclic) bond motifs is 1. The van der Waals surface area contributed by atoms with Crippen LogP contribution in [0.15, 0.2) is 30.5 Å². The maximum Gasteiger partial charge on any atom is 0.319 e. The van der Waals surface area contributed by atoms with Crippen molar-refractivity contribution in [2.45, 2.75) is 38.3 Å². The van der Waals surface area contributed by atoms with E-state index in [0.29, 0.717) is 36.3 Å². The fourth-order valence-corrected chi connectivity index (χ4v) is 4.34. The molecule has 0 unspecified atom stereocenters. The maximum absolute atomic E-state index is 5.36. The first-order valence-corrected chi connectivity index (χ1v) is 11.4. The number of benzene rings is 1. The number of ether oxygens (including phenoxy) is 2. The second-order valence-corrected chi connectivity index (χ2v) is 8.67. The molecule has 1 aliphatic carbocycles. The summed E-state index contributed by atoms with van der Waals surface area (Å²) in [6.07, 6.45) is 6.29. The number of hydrogen-bond donors (Lipinski definition) is 2. The highest BCUT2D eigenvalue weighted by atomic mass is 16.5. The highest BCUT2D eigenvalue weighted by Gasteiger charge is 2.22. The minimum atomic E-state index is 0.314. The van der Waals surface area contributed by atoms with Crippen molar-refractivity contribution in [1.82, 2.24) is 25.3 Å². The Morgan fingerprint density at radius 2 is 1.79 bits per heavy atom. The average Bonchev–Trinajstić information content (AvgIpc) is 2.84. The van der Waals surface area contributed by atoms with Gasteiger partial charge in [-0.2, -0.15) is 9.97 Å². The van der Waals surface area contributed by atoms with Crippen LogP contribution in [-0.2, 0) is 6.54 Å². The van der Waals surface area contributed by atoms with Gasteiger partial charge in [-0.25, -0.2) is 9.97 Å². The van der Waals surface area contributed by atoms with Crippen LogP contribution in [0.3, 0.4) is 0 Å². The van der Waals surface area contributed by atoms with Crippen LogP contribution in [0, 0.1) is 5.92 Å². The standard InChI is InChI=1S/C24H33N7O2/c1-31(2)21-19-7-5-6-8-20(19)28-23(29-21)27-18-11-9-16(10-12-18)13-25-14-17-15-26-24(33-4)30-22(17)32-3/h5-8,15-16,18,25H,9-14H2,1-4H3,(H,27,28,29). The minimum absolute atomic E-state index is 0.314. The predicted molar refractivity (Wildman–Crippen MR) is 130 cm³/mol. The van der Waals surface area contributed by atoms with E-state index in [2.05, 4.69) is 26.7 Å². The van der Waals surface area contributed by atoms with E-state index in [-0.39, 0.29) is 0 Å². The molecule has 3 aromatic rings. The van der Waals surface area contributed by atoms with E-state index in [1.165, 1.54) is 0 Å². The molecule has 2 N–H and O–H groups in total. The first-order chi connectivity index (χ1) is 16.1. The SMILES string of the molecule is COc1ncc(CNCC2CCC(Nc3nc(N(C)C)c4ccccc4n3)CC2)c(OC)n1. The van der Waals surface area contributed by atoms with Crippen LogP contribution in [0.2, 0.25) is 0 Å². The van der Waals surface area contributed by atoms with Gasteiger partial charge in [-0.05, 0) is 50.3 Å². The van der Waals surface area contributed by atoms with Crippen LogP contribution in [0.25, 0.3) is 10.9 Å². The van der Waals surface area contributed by atoms with Crippen molar-refractivity contribution in [2.24, 2.45) is 5.92 Å². The number of rotatable bonds is 9. The normalized spacial score (nSPS) is 18.2. The van der Waals surface area contributed by atoms with Gasteiger partial charge in [0.15, 0.2) is 0 Å². The molecule has 2 aromatic heterocycles. The molecule has 4 rings (SSSR count). The van der Waals surface area contributed by atoms with Gasteiger partial charge >= 0.3 is 6.01 Å². The summed E-state index contributed by atoms with van der Waals surface area (Å²) in [5.41, 5.74) is 1.90. The van der Waals surface area contributed by atoms with Gasteiger partial charge in [0.25, 0.3) is 0 Å². The Labute approximate surface area is 195 Å². The molecule has 1 fully saturated rings. The number of hydrogen-bond acceptors (Lipinski definition) is 9. The van der Waals surface area contributed by atoms with E-state index in [1.54, 1.807) is 20.4 Å². The molecule has 0 aliphatic heterocycles. The van der Waals surface area contributed by atoms with Gasteiger partial charge in [-0.1, -0.05) is 12.1 Å². The molecule has 1 aromatic carbocycles. The molecule has 9 heteroatoms. The minimum Gasteiger partial charge on any atom is -0.481 e. The van der Waals surface area contributed by atoms with Crippen LogP contribution >= 0.6 is 0 Å². The highest BCUT2D eigenvalue weighted by molar-refractivity contribution is 5.90. The first kappa shape index (κ1) is 23.0. The zero-order chi connectivity index (χ0) is 23.2. The fourth-order valence-electron chi connectivity index (χ4n) is 4.34. The monoisotopic (exact) mass is 451 g/mol. The van der Waals surface area contributed by atoms with Crippen LogP contribution in [-0.4, -0.2) is 60.8 Å². The largest absolute Gasteiger partial charge is 0.481 e. The number of para-hydroxylation sites is 1. The Balaban J connectivity index is 1.28. The number of anilines is 2. The zero-order valence-corrected chi connectivity index (χ0v) is 19.8. The van der Waals surface area contributed by atoms with E-state index in [0.717, 1.165) is 54.5 Å². The Morgan fingerprint density at radius 3 is 2.52 bits per heavy atom. The first-order valence-electron chi connectivity index (χ1n) is 11.4. The van der Waals surface area contributed by atoms with Crippen molar-refractivity contribution in [3.63, 3.8) is 0 Å². The van der Waals surface area contributed by atoms with Crippen molar-refractivity contribution in [1.29, 1.82) is 0 Å². The van der Waals surface area contributed by atoms with Gasteiger partial charge in [-0.15, -0.1) is 0 Å². The smallest absolute Gasteiger partial charge is 0.319 e. The molecule has 33 heavy (non-hydrogen) atoms. The number of nitrogens with one attached hydrogen (secondary N) is 2. The lowest BCUT2D eigenvalue weighted by atomic mass is 9.86. The molecule has 9 nitrogen and oxygen atoms in total. The lowest BCUT2D eigenvalue weighted by molar-refractivity contribution is 0.320. The summed E-state index contributed by atoms with van der Waals surface area (Å²) in [6, 6.07) is 8.87. The topological polar surface area (TPSA) is 97.3 Å². The van der Waals surface area contributed by atoms with E-state index >= 15 is 0 Å². The van der Waals surface area contributed by atoms with Crippen LogP contribution in [0.4, 0.5) is 11.8 Å². The zero-order valence-electron chi connectivity index (χ0n) is 19.8. The van der Waals surface area contributed by atoms with Gasteiger partial charge in [0.05, 0.1) is 19.7 Å². The van der Waals surface area contributed by atoms with Gasteiger partial charge in [0, 0.05) is 43.8 Å². The lowest BCUT2D eigenvalue weighted by Crippen LogP contribution is -2.31. The molecular formula is C24H33N7O2. The van der Waals surface area contributed by atoms with Crippen LogP contribution < -0.4 is 25.0 Å². The second-order valence-electron chi connectivity index (χ2n) is 8.67. The Bertz CT molecular complexity index is 1070. The maximum atomic E-state index is 5.36. The number of nitrogens with zero attached hydrogens (tertiary/aromatic N) is 5. The Morgan fingerprint density at radius 1 is 1.00 bits per heavy atom.